The van der Waals surface area contributed by atoms with Gasteiger partial charge in [0, 0.05) is 22.6 Å². The Balaban J connectivity index is 1.62. The molecule has 3 N–H and O–H groups in total. The molecule has 6 heteroatoms. The maximum atomic E-state index is 12.2. The summed E-state index contributed by atoms with van der Waals surface area (Å²) in [5, 5.41) is 27.2. The molecule has 3 aromatic carbocycles. The zero-order valence-electron chi connectivity index (χ0n) is 18.5. The molecule has 0 spiro atoms. The Labute approximate surface area is 198 Å². The van der Waals surface area contributed by atoms with Gasteiger partial charge in [-0.05, 0) is 61.8 Å². The quantitative estimate of drug-likeness (QED) is 0.452. The third-order valence-corrected chi connectivity index (χ3v) is 7.20. The molecule has 2 aliphatic rings. The number of halogens is 1. The minimum absolute atomic E-state index is 0.271. The van der Waals surface area contributed by atoms with E-state index in [0.717, 1.165) is 24.1 Å². The van der Waals surface area contributed by atoms with Crippen LogP contribution in [-0.4, -0.2) is 36.5 Å². The van der Waals surface area contributed by atoms with E-state index in [1.54, 1.807) is 12.1 Å². The molecule has 1 saturated carbocycles. The van der Waals surface area contributed by atoms with E-state index in [1.165, 1.54) is 0 Å². The molecule has 0 bridgehead atoms. The molecule has 5 rings (SSSR count). The summed E-state index contributed by atoms with van der Waals surface area (Å²) in [5.74, 6) is 0.927. The van der Waals surface area contributed by atoms with Crippen LogP contribution in [0.4, 0.5) is 0 Å². The van der Waals surface area contributed by atoms with E-state index in [2.05, 4.69) is 5.32 Å². The molecule has 1 fully saturated rings. The Bertz CT molecular complexity index is 1120. The first-order valence-electron chi connectivity index (χ1n) is 11.3. The van der Waals surface area contributed by atoms with Gasteiger partial charge in [-0.3, -0.25) is 0 Å². The number of benzene rings is 3. The van der Waals surface area contributed by atoms with E-state index in [9.17, 15) is 10.2 Å². The van der Waals surface area contributed by atoms with E-state index in [4.69, 9.17) is 21.1 Å². The van der Waals surface area contributed by atoms with Crippen LogP contribution < -0.4 is 14.8 Å². The molecule has 5 nitrogen and oxygen atoms in total. The summed E-state index contributed by atoms with van der Waals surface area (Å²) in [7, 11) is 1.91. The molecule has 0 saturated heterocycles. The van der Waals surface area contributed by atoms with Crippen LogP contribution in [-0.2, 0) is 11.2 Å². The third-order valence-electron chi connectivity index (χ3n) is 6.95. The predicted octanol–water partition coefficient (Wildman–Crippen LogP) is 4.35. The maximum absolute atomic E-state index is 12.2. The summed E-state index contributed by atoms with van der Waals surface area (Å²) < 4.78 is 12.6. The van der Waals surface area contributed by atoms with Crippen molar-refractivity contribution in [3.63, 3.8) is 0 Å². The Hall–Kier alpha value is -2.57. The first-order chi connectivity index (χ1) is 16.0. The zero-order chi connectivity index (χ0) is 23.1. The van der Waals surface area contributed by atoms with Crippen LogP contribution in [0.2, 0.25) is 5.02 Å². The van der Waals surface area contributed by atoms with Gasteiger partial charge in [-0.1, -0.05) is 54.1 Å². The molecule has 0 unspecified atom stereocenters. The molecule has 33 heavy (non-hydrogen) atoms. The lowest BCUT2D eigenvalue weighted by Gasteiger charge is -2.40. The molecule has 172 valence electrons. The van der Waals surface area contributed by atoms with Crippen molar-refractivity contribution in [3.05, 3.63) is 94.5 Å². The Morgan fingerprint density at radius 1 is 1.09 bits per heavy atom. The first-order valence-corrected chi connectivity index (χ1v) is 11.7. The van der Waals surface area contributed by atoms with Crippen LogP contribution in [0.15, 0.2) is 72.8 Å². The van der Waals surface area contributed by atoms with Gasteiger partial charge in [0.25, 0.3) is 0 Å². The van der Waals surface area contributed by atoms with Crippen molar-refractivity contribution in [2.24, 2.45) is 0 Å². The maximum Gasteiger partial charge on any atom is 0.176 e. The number of aliphatic hydroxyl groups is 2. The molecule has 0 radical (unpaired) electrons. The lowest BCUT2D eigenvalue weighted by atomic mass is 9.71. The van der Waals surface area contributed by atoms with Crippen LogP contribution in [0.1, 0.15) is 35.4 Å². The normalized spacial score (nSPS) is 27.6. The van der Waals surface area contributed by atoms with Crippen molar-refractivity contribution in [2.45, 2.75) is 36.1 Å². The van der Waals surface area contributed by atoms with Gasteiger partial charge >= 0.3 is 0 Å². The van der Waals surface area contributed by atoms with Gasteiger partial charge in [0.05, 0.1) is 12.7 Å². The largest absolute Gasteiger partial charge is 0.493 e. The van der Waals surface area contributed by atoms with E-state index in [-0.39, 0.29) is 5.92 Å². The van der Waals surface area contributed by atoms with Gasteiger partial charge in [-0.2, -0.15) is 0 Å². The Morgan fingerprint density at radius 3 is 2.58 bits per heavy atom. The van der Waals surface area contributed by atoms with Gasteiger partial charge in [0.1, 0.15) is 11.5 Å². The third kappa shape index (κ3) is 3.42. The molecule has 0 amide bonds. The molecular weight excluding hydrogens is 438 g/mol. The average Bonchev–Trinajstić information content (AvgIpc) is 3.23. The van der Waals surface area contributed by atoms with Crippen LogP contribution in [0.5, 0.6) is 11.5 Å². The predicted molar refractivity (Wildman–Crippen MR) is 128 cm³/mol. The van der Waals surface area contributed by atoms with E-state index >= 15 is 0 Å². The standard InChI is InChI=1S/C27H28ClNO4/c1-29-14-5-15-32-21-12-13-22-24(16-21)33-27(19-8-10-20(28)11-9-19)23(17-25(30)26(22,27)31)18-6-3-2-4-7-18/h2-4,6-13,16,23,25,29-31H,5,14-15,17H2,1H3/t23-,25+,26-,27-/m1/s1. The van der Waals surface area contributed by atoms with Gasteiger partial charge in [-0.25, -0.2) is 0 Å². The second-order valence-electron chi connectivity index (χ2n) is 8.79. The number of aliphatic hydroxyl groups excluding tert-OH is 1. The van der Waals surface area contributed by atoms with Crippen molar-refractivity contribution in [1.82, 2.24) is 5.32 Å². The highest BCUT2D eigenvalue weighted by atomic mass is 35.5. The van der Waals surface area contributed by atoms with Crippen LogP contribution in [0, 0.1) is 0 Å². The van der Waals surface area contributed by atoms with E-state index in [1.807, 2.05) is 67.7 Å². The highest BCUT2D eigenvalue weighted by Gasteiger charge is 2.72. The molecular formula is C27H28ClNO4. The molecule has 0 aromatic heterocycles. The summed E-state index contributed by atoms with van der Waals surface area (Å²) in [6, 6.07) is 22.7. The van der Waals surface area contributed by atoms with Gasteiger partial charge in [0.15, 0.2) is 11.2 Å². The van der Waals surface area contributed by atoms with E-state index < -0.39 is 17.3 Å². The van der Waals surface area contributed by atoms with Crippen LogP contribution >= 0.6 is 11.6 Å². The second-order valence-corrected chi connectivity index (χ2v) is 9.23. The van der Waals surface area contributed by atoms with Gasteiger partial charge in [-0.15, -0.1) is 0 Å². The highest BCUT2D eigenvalue weighted by Crippen LogP contribution is 2.66. The van der Waals surface area contributed by atoms with Crippen LogP contribution in [0.25, 0.3) is 0 Å². The topological polar surface area (TPSA) is 71.0 Å². The SMILES string of the molecule is CNCCCOc1ccc2c(c1)O[C@]1(c3ccc(Cl)cc3)[C@@H](c3ccccc3)C[C@H](O)[C@]21O. The van der Waals surface area contributed by atoms with Crippen molar-refractivity contribution >= 4 is 11.6 Å². The lowest BCUT2D eigenvalue weighted by Crippen LogP contribution is -2.51. The lowest BCUT2D eigenvalue weighted by molar-refractivity contribution is -0.149. The fraction of sp³-hybridized carbons (Fsp3) is 0.333. The Kier molecular flexibility index (Phi) is 5.83. The number of hydrogen-bond acceptors (Lipinski definition) is 5. The van der Waals surface area contributed by atoms with E-state index in [0.29, 0.717) is 35.1 Å². The van der Waals surface area contributed by atoms with Crippen molar-refractivity contribution in [2.75, 3.05) is 20.2 Å². The monoisotopic (exact) mass is 465 g/mol. The smallest absolute Gasteiger partial charge is 0.176 e. The number of ether oxygens (including phenoxy) is 2. The number of hydrogen-bond donors (Lipinski definition) is 3. The molecule has 3 aromatic rings. The molecule has 1 aliphatic carbocycles. The van der Waals surface area contributed by atoms with Crippen molar-refractivity contribution in [1.29, 1.82) is 0 Å². The van der Waals surface area contributed by atoms with Crippen molar-refractivity contribution < 1.29 is 19.7 Å². The van der Waals surface area contributed by atoms with Gasteiger partial charge < -0.3 is 25.0 Å². The summed E-state index contributed by atoms with van der Waals surface area (Å²) in [6.07, 6.45) is 0.231. The second kappa shape index (κ2) is 8.65. The average molecular weight is 466 g/mol. The number of rotatable bonds is 7. The zero-order valence-corrected chi connectivity index (χ0v) is 19.3. The summed E-state index contributed by atoms with van der Waals surface area (Å²) >= 11 is 6.18. The Morgan fingerprint density at radius 2 is 1.85 bits per heavy atom. The molecule has 1 aliphatic heterocycles. The van der Waals surface area contributed by atoms with Crippen LogP contribution in [0.3, 0.4) is 0 Å². The fourth-order valence-corrected chi connectivity index (χ4v) is 5.57. The van der Waals surface area contributed by atoms with Gasteiger partial charge in [0.2, 0.25) is 0 Å². The number of fused-ring (bicyclic) bond motifs is 3. The first kappa shape index (κ1) is 22.2. The van der Waals surface area contributed by atoms with Crippen molar-refractivity contribution in [3.8, 4) is 11.5 Å². The number of nitrogens with one attached hydrogen (secondary N) is 1. The minimum Gasteiger partial charge on any atom is -0.493 e. The molecule has 4 atom stereocenters. The highest BCUT2D eigenvalue weighted by molar-refractivity contribution is 6.30. The minimum atomic E-state index is -1.62. The summed E-state index contributed by atoms with van der Waals surface area (Å²) in [4.78, 5) is 0. The summed E-state index contributed by atoms with van der Waals surface area (Å²) in [6.45, 7) is 1.44. The fourth-order valence-electron chi connectivity index (χ4n) is 5.44. The summed E-state index contributed by atoms with van der Waals surface area (Å²) in [5.41, 5.74) is -0.482. The molecule has 1 heterocycles.